The van der Waals surface area contributed by atoms with E-state index < -0.39 is 20.6 Å². The molecule has 0 unspecified atom stereocenters. The van der Waals surface area contributed by atoms with Crippen LogP contribution in [0.3, 0.4) is 0 Å². The Labute approximate surface area is 117 Å². The molecule has 0 radical (unpaired) electrons. The third-order valence-corrected chi connectivity index (χ3v) is 6.13. The lowest BCUT2D eigenvalue weighted by Crippen LogP contribution is -2.31. The molecule has 2 aliphatic rings. The topological polar surface area (TPSA) is 60.4 Å². The number of cyclic esters (lactones) is 1. The Balaban J connectivity index is 0.00000120. The molecule has 1 saturated carbocycles. The number of benzene rings is 1. The Kier molecular flexibility index (Phi) is 3.16. The predicted octanol–water partition coefficient (Wildman–Crippen LogP) is 1.54. The van der Waals surface area contributed by atoms with Crippen LogP contribution in [0.4, 0.5) is 0 Å². The van der Waals surface area contributed by atoms with Crippen molar-refractivity contribution in [3.63, 3.8) is 0 Å². The van der Waals surface area contributed by atoms with Crippen LogP contribution in [0.25, 0.3) is 0 Å². The van der Waals surface area contributed by atoms with Crippen LogP contribution in [0.2, 0.25) is 5.02 Å². The summed E-state index contributed by atoms with van der Waals surface area (Å²) in [5, 5.41) is 0.339. The Hall–Kier alpha value is -0.720. The molecular weight excluding hydrogens is 296 g/mol. The van der Waals surface area contributed by atoms with E-state index in [1.54, 1.807) is 12.1 Å². The molecule has 0 spiro atoms. The highest BCUT2D eigenvalue weighted by Crippen LogP contribution is 2.57. The summed E-state index contributed by atoms with van der Waals surface area (Å²) in [7, 11) is -3.69. The van der Waals surface area contributed by atoms with Crippen LogP contribution in [-0.4, -0.2) is 25.7 Å². The molecule has 0 amide bonds. The van der Waals surface area contributed by atoms with Gasteiger partial charge in [0.25, 0.3) is 0 Å². The van der Waals surface area contributed by atoms with Crippen molar-refractivity contribution in [1.82, 2.24) is 0 Å². The van der Waals surface area contributed by atoms with E-state index in [2.05, 4.69) is 0 Å². The SMILES string of the molecule is O=C1OC[C@@H]2C[C@]12S(=O)(=O)c1cccc(Cl)c1.S. The summed E-state index contributed by atoms with van der Waals surface area (Å²) in [6, 6.07) is 5.97. The Morgan fingerprint density at radius 1 is 1.39 bits per heavy atom. The van der Waals surface area contributed by atoms with Crippen molar-refractivity contribution >= 4 is 40.9 Å². The number of sulfone groups is 1. The van der Waals surface area contributed by atoms with E-state index in [0.717, 1.165) is 0 Å². The van der Waals surface area contributed by atoms with Crippen molar-refractivity contribution in [2.75, 3.05) is 6.61 Å². The molecule has 1 aliphatic heterocycles. The lowest BCUT2D eigenvalue weighted by atomic mass is 10.4. The molecule has 0 aromatic heterocycles. The molecule has 2 fully saturated rings. The van der Waals surface area contributed by atoms with Crippen LogP contribution in [-0.2, 0) is 19.4 Å². The molecule has 1 saturated heterocycles. The van der Waals surface area contributed by atoms with Gasteiger partial charge in [0.2, 0.25) is 0 Å². The maximum Gasteiger partial charge on any atom is 0.328 e. The summed E-state index contributed by atoms with van der Waals surface area (Å²) < 4.78 is 28.3. The van der Waals surface area contributed by atoms with Gasteiger partial charge in [-0.15, -0.1) is 0 Å². The van der Waals surface area contributed by atoms with E-state index in [1.165, 1.54) is 12.1 Å². The molecule has 0 bridgehead atoms. The normalized spacial score (nSPS) is 29.2. The molecule has 1 heterocycles. The molecular formula is C11H11ClO4S2. The predicted molar refractivity (Wildman–Crippen MR) is 70.8 cm³/mol. The number of carbonyl (C=O) groups excluding carboxylic acids is 1. The first-order valence-electron chi connectivity index (χ1n) is 5.16. The van der Waals surface area contributed by atoms with Gasteiger partial charge in [0, 0.05) is 10.9 Å². The molecule has 1 aromatic carbocycles. The molecule has 18 heavy (non-hydrogen) atoms. The minimum atomic E-state index is -3.69. The van der Waals surface area contributed by atoms with Crippen molar-refractivity contribution in [1.29, 1.82) is 0 Å². The second kappa shape index (κ2) is 4.15. The highest BCUT2D eigenvalue weighted by atomic mass is 35.5. The minimum absolute atomic E-state index is 0. The number of rotatable bonds is 2. The lowest BCUT2D eigenvalue weighted by Gasteiger charge is -2.11. The maximum absolute atomic E-state index is 12.4. The van der Waals surface area contributed by atoms with Gasteiger partial charge in [0.05, 0.1) is 11.5 Å². The average molecular weight is 307 g/mol. The summed E-state index contributed by atoms with van der Waals surface area (Å²) >= 11 is 5.77. The average Bonchev–Trinajstić information content (AvgIpc) is 2.95. The van der Waals surface area contributed by atoms with Gasteiger partial charge in [0.15, 0.2) is 14.6 Å². The fourth-order valence-corrected chi connectivity index (χ4v) is 4.75. The highest BCUT2D eigenvalue weighted by molar-refractivity contribution is 7.94. The van der Waals surface area contributed by atoms with Crippen molar-refractivity contribution in [3.8, 4) is 0 Å². The summed E-state index contributed by atoms with van der Waals surface area (Å²) in [6.07, 6.45) is 0.362. The first-order chi connectivity index (χ1) is 7.98. The van der Waals surface area contributed by atoms with Gasteiger partial charge in [-0.1, -0.05) is 17.7 Å². The summed E-state index contributed by atoms with van der Waals surface area (Å²) in [6.45, 7) is 0.207. The van der Waals surface area contributed by atoms with E-state index in [1.807, 2.05) is 0 Å². The summed E-state index contributed by atoms with van der Waals surface area (Å²) in [5.74, 6) is -0.818. The fourth-order valence-electron chi connectivity index (χ4n) is 2.33. The molecule has 2 atom stereocenters. The maximum atomic E-state index is 12.4. The molecule has 4 nitrogen and oxygen atoms in total. The minimum Gasteiger partial charge on any atom is -0.464 e. The number of hydrogen-bond donors (Lipinski definition) is 0. The lowest BCUT2D eigenvalue weighted by molar-refractivity contribution is -0.140. The first kappa shape index (κ1) is 13.7. The summed E-state index contributed by atoms with van der Waals surface area (Å²) in [4.78, 5) is 11.7. The molecule has 1 aromatic rings. The van der Waals surface area contributed by atoms with Crippen molar-refractivity contribution in [2.45, 2.75) is 16.1 Å². The van der Waals surface area contributed by atoms with Crippen molar-refractivity contribution < 1.29 is 17.9 Å². The van der Waals surface area contributed by atoms with Crippen LogP contribution < -0.4 is 0 Å². The Bertz CT molecular complexity index is 613. The van der Waals surface area contributed by atoms with Gasteiger partial charge < -0.3 is 4.74 Å². The zero-order valence-electron chi connectivity index (χ0n) is 9.22. The van der Waals surface area contributed by atoms with Gasteiger partial charge in [-0.2, -0.15) is 13.5 Å². The first-order valence-corrected chi connectivity index (χ1v) is 7.02. The van der Waals surface area contributed by atoms with E-state index in [0.29, 0.717) is 11.4 Å². The smallest absolute Gasteiger partial charge is 0.328 e. The third kappa shape index (κ3) is 1.59. The zero-order valence-corrected chi connectivity index (χ0v) is 11.8. The highest BCUT2D eigenvalue weighted by Gasteiger charge is 2.74. The van der Waals surface area contributed by atoms with Crippen molar-refractivity contribution in [3.05, 3.63) is 29.3 Å². The van der Waals surface area contributed by atoms with E-state index in [4.69, 9.17) is 16.3 Å². The van der Waals surface area contributed by atoms with Gasteiger partial charge >= 0.3 is 5.97 Å². The second-order valence-electron chi connectivity index (χ2n) is 4.35. The Morgan fingerprint density at radius 2 is 2.11 bits per heavy atom. The van der Waals surface area contributed by atoms with E-state index in [-0.39, 0.29) is 30.9 Å². The second-order valence-corrected chi connectivity index (χ2v) is 6.99. The van der Waals surface area contributed by atoms with E-state index in [9.17, 15) is 13.2 Å². The van der Waals surface area contributed by atoms with E-state index >= 15 is 0 Å². The number of halogens is 1. The Morgan fingerprint density at radius 3 is 2.61 bits per heavy atom. The fraction of sp³-hybridized carbons (Fsp3) is 0.364. The quantitative estimate of drug-likeness (QED) is 0.778. The van der Waals surface area contributed by atoms with Gasteiger partial charge in [-0.3, -0.25) is 4.79 Å². The number of ether oxygens (including phenoxy) is 1. The largest absolute Gasteiger partial charge is 0.464 e. The number of fused-ring (bicyclic) bond motifs is 1. The molecule has 0 N–H and O–H groups in total. The van der Waals surface area contributed by atoms with Gasteiger partial charge in [0.1, 0.15) is 0 Å². The standard InChI is InChI=1S/C11H9ClO4S.H2S/c12-8-2-1-3-9(4-8)17(14,15)11-5-7(11)6-16-10(11)13;/h1-4,7H,5-6H2;1H2/t7-,11+;/m0./s1. The monoisotopic (exact) mass is 306 g/mol. The molecule has 98 valence electrons. The number of carbonyl (C=O) groups is 1. The number of esters is 1. The van der Waals surface area contributed by atoms with Crippen LogP contribution in [0, 0.1) is 5.92 Å². The molecule has 1 aliphatic carbocycles. The van der Waals surface area contributed by atoms with Gasteiger partial charge in [-0.25, -0.2) is 8.42 Å². The van der Waals surface area contributed by atoms with Crippen LogP contribution in [0.5, 0.6) is 0 Å². The third-order valence-electron chi connectivity index (χ3n) is 3.40. The van der Waals surface area contributed by atoms with Crippen LogP contribution in [0.15, 0.2) is 29.2 Å². The molecule has 3 rings (SSSR count). The van der Waals surface area contributed by atoms with Crippen LogP contribution >= 0.6 is 25.1 Å². The zero-order chi connectivity index (χ0) is 12.3. The van der Waals surface area contributed by atoms with Crippen molar-refractivity contribution in [2.24, 2.45) is 5.92 Å². The summed E-state index contributed by atoms with van der Waals surface area (Å²) in [5.41, 5.74) is 0. The molecule has 7 heteroatoms. The number of hydrogen-bond acceptors (Lipinski definition) is 4. The van der Waals surface area contributed by atoms with Crippen LogP contribution in [0.1, 0.15) is 6.42 Å². The van der Waals surface area contributed by atoms with Gasteiger partial charge in [-0.05, 0) is 24.6 Å².